The predicted molar refractivity (Wildman–Crippen MR) is 167 cm³/mol. The molecule has 5 rings (SSSR count). The minimum absolute atomic E-state index is 0.00248. The fourth-order valence-electron chi connectivity index (χ4n) is 4.86. The summed E-state index contributed by atoms with van der Waals surface area (Å²) in [4.78, 5) is 13.7. The summed E-state index contributed by atoms with van der Waals surface area (Å²) < 4.78 is 77.1. The number of aromatic nitrogens is 1. The van der Waals surface area contributed by atoms with E-state index in [1.54, 1.807) is 19.1 Å². The molecule has 16 heteroatoms. The molecule has 2 aliphatic rings. The predicted octanol–water partition coefficient (Wildman–Crippen LogP) is 5.92. The van der Waals surface area contributed by atoms with Crippen molar-refractivity contribution in [1.82, 2.24) is 4.31 Å². The summed E-state index contributed by atoms with van der Waals surface area (Å²) in [5.74, 6) is -0.330. The zero-order valence-corrected chi connectivity index (χ0v) is 27.8. The standard InChI is InChI=1S/C30H30Cl2F2N2O8S2/c1-17-3-8-27(26(11-17)41-2)46(39,40)36-9-10-45-28(36)29(37)43-24(13-20-21(31)14-35(38)15-22(20)32)19-6-7-23(44-30(33)34)25(12-19)42-16-18-4-5-18/h3,6-8,11-12,14-15,18,24,28,30H,4-5,9-10,13,16H2,1-2H3. The van der Waals surface area contributed by atoms with Gasteiger partial charge in [-0.25, -0.2) is 13.2 Å². The van der Waals surface area contributed by atoms with Crippen molar-refractivity contribution in [3.05, 3.63) is 80.7 Å². The van der Waals surface area contributed by atoms with Gasteiger partial charge in [-0.2, -0.15) is 17.8 Å². The first-order valence-corrected chi connectivity index (χ1v) is 17.4. The Morgan fingerprint density at radius 2 is 1.83 bits per heavy atom. The molecule has 2 heterocycles. The molecular weight excluding hydrogens is 689 g/mol. The van der Waals surface area contributed by atoms with Crippen LogP contribution >= 0.6 is 35.0 Å². The summed E-state index contributed by atoms with van der Waals surface area (Å²) in [5.41, 5.74) is 1.37. The van der Waals surface area contributed by atoms with E-state index in [9.17, 15) is 27.2 Å². The Morgan fingerprint density at radius 1 is 1.11 bits per heavy atom. The number of nitrogens with zero attached hydrogens (tertiary/aromatic N) is 2. The highest BCUT2D eigenvalue weighted by Crippen LogP contribution is 2.40. The Labute approximate surface area is 279 Å². The third-order valence-electron chi connectivity index (χ3n) is 7.39. The van der Waals surface area contributed by atoms with Gasteiger partial charge in [0.2, 0.25) is 10.0 Å². The number of halogens is 4. The molecule has 0 amide bonds. The molecule has 2 atom stereocenters. The Morgan fingerprint density at radius 3 is 2.48 bits per heavy atom. The van der Waals surface area contributed by atoms with Crippen molar-refractivity contribution in [3.8, 4) is 17.2 Å². The lowest BCUT2D eigenvalue weighted by Crippen LogP contribution is -2.41. The molecule has 10 nitrogen and oxygen atoms in total. The zero-order valence-electron chi connectivity index (χ0n) is 24.7. The van der Waals surface area contributed by atoms with Gasteiger partial charge < -0.3 is 24.2 Å². The van der Waals surface area contributed by atoms with Crippen LogP contribution in [0.3, 0.4) is 0 Å². The molecule has 1 saturated heterocycles. The molecule has 1 aliphatic carbocycles. The lowest BCUT2D eigenvalue weighted by molar-refractivity contribution is -0.605. The molecular formula is C30H30Cl2F2N2O8S2. The van der Waals surface area contributed by atoms with Crippen molar-refractivity contribution in [1.29, 1.82) is 0 Å². The van der Waals surface area contributed by atoms with Crippen LogP contribution < -0.4 is 18.9 Å². The van der Waals surface area contributed by atoms with Crippen LogP contribution in [0.2, 0.25) is 10.0 Å². The van der Waals surface area contributed by atoms with E-state index in [0.717, 1.165) is 46.9 Å². The summed E-state index contributed by atoms with van der Waals surface area (Å²) >= 11 is 13.8. The highest BCUT2D eigenvalue weighted by atomic mass is 35.5. The second kappa shape index (κ2) is 14.4. The van der Waals surface area contributed by atoms with Crippen molar-refractivity contribution in [2.45, 2.75) is 49.2 Å². The summed E-state index contributed by atoms with van der Waals surface area (Å²) in [5, 5.41) is 10.6. The third-order valence-corrected chi connectivity index (χ3v) is 11.3. The molecule has 0 spiro atoms. The first kappa shape index (κ1) is 34.3. The van der Waals surface area contributed by atoms with Crippen LogP contribution in [-0.4, -0.2) is 56.7 Å². The number of pyridine rings is 1. The largest absolute Gasteiger partial charge is 0.619 e. The van der Waals surface area contributed by atoms with Crippen LogP contribution in [0.5, 0.6) is 17.2 Å². The van der Waals surface area contributed by atoms with Gasteiger partial charge in [0, 0.05) is 24.3 Å². The van der Waals surface area contributed by atoms with E-state index in [2.05, 4.69) is 4.74 Å². The number of hydrogen-bond donors (Lipinski definition) is 0. The quantitative estimate of drug-likeness (QED) is 0.121. The number of rotatable bonds is 13. The molecule has 0 radical (unpaired) electrons. The third kappa shape index (κ3) is 7.91. The van der Waals surface area contributed by atoms with Crippen LogP contribution in [0.1, 0.15) is 35.6 Å². The molecule has 2 unspecified atom stereocenters. The summed E-state index contributed by atoms with van der Waals surface area (Å²) in [6, 6.07) is 8.75. The van der Waals surface area contributed by atoms with Crippen molar-refractivity contribution in [2.24, 2.45) is 5.92 Å². The van der Waals surface area contributed by atoms with Gasteiger partial charge in [-0.3, -0.25) is 0 Å². The highest BCUT2D eigenvalue weighted by molar-refractivity contribution is 8.02. The number of sulfonamides is 1. The van der Waals surface area contributed by atoms with Crippen LogP contribution in [-0.2, 0) is 26.0 Å². The summed E-state index contributed by atoms with van der Waals surface area (Å²) in [6.45, 7) is -1.00. The number of carbonyl (C=O) groups is 1. The molecule has 1 aromatic heterocycles. The molecule has 1 aliphatic heterocycles. The molecule has 46 heavy (non-hydrogen) atoms. The van der Waals surface area contributed by atoms with Gasteiger partial charge in [0.1, 0.15) is 26.8 Å². The van der Waals surface area contributed by atoms with Gasteiger partial charge in [-0.15, -0.1) is 11.8 Å². The lowest BCUT2D eigenvalue weighted by Gasteiger charge is -2.26. The number of alkyl halides is 2. The number of carbonyl (C=O) groups excluding carboxylic acids is 1. The van der Waals surface area contributed by atoms with Gasteiger partial charge in [0.25, 0.3) is 0 Å². The Balaban J connectivity index is 1.48. The van der Waals surface area contributed by atoms with Crippen molar-refractivity contribution >= 4 is 51.0 Å². The van der Waals surface area contributed by atoms with Crippen molar-refractivity contribution < 1.29 is 45.7 Å². The number of esters is 1. The van der Waals surface area contributed by atoms with E-state index in [-0.39, 0.29) is 63.2 Å². The highest BCUT2D eigenvalue weighted by Gasteiger charge is 2.43. The monoisotopic (exact) mass is 718 g/mol. The maximum atomic E-state index is 13.8. The Kier molecular flexibility index (Phi) is 10.7. The molecule has 1 saturated carbocycles. The van der Waals surface area contributed by atoms with Gasteiger partial charge in [0.15, 0.2) is 29.3 Å². The number of aryl methyl sites for hydroxylation is 1. The van der Waals surface area contributed by atoms with Crippen molar-refractivity contribution in [2.75, 3.05) is 26.0 Å². The van der Waals surface area contributed by atoms with E-state index < -0.39 is 34.1 Å². The zero-order chi connectivity index (χ0) is 33.2. The van der Waals surface area contributed by atoms with Crippen LogP contribution in [0.25, 0.3) is 0 Å². The Hall–Kier alpha value is -3.04. The average molecular weight is 720 g/mol. The van der Waals surface area contributed by atoms with Crippen molar-refractivity contribution in [3.63, 3.8) is 0 Å². The smallest absolute Gasteiger partial charge is 0.387 e. The molecule has 0 bridgehead atoms. The minimum Gasteiger partial charge on any atom is -0.619 e. The lowest BCUT2D eigenvalue weighted by atomic mass is 10.0. The van der Waals surface area contributed by atoms with Crippen LogP contribution in [0.4, 0.5) is 8.78 Å². The van der Waals surface area contributed by atoms with Gasteiger partial charge in [-0.05, 0) is 61.1 Å². The maximum Gasteiger partial charge on any atom is 0.387 e. The molecule has 0 N–H and O–H groups in total. The molecule has 3 aromatic rings. The maximum absolute atomic E-state index is 13.8. The molecule has 2 aromatic carbocycles. The SMILES string of the molecule is COc1cc(C)ccc1S(=O)(=O)N1CCSC1C(=O)OC(Cc1c(Cl)c[n+]([O-])cc1Cl)c1ccc(OC(F)F)c(OCC2CC2)c1. The Bertz CT molecular complexity index is 1690. The molecule has 2 fully saturated rings. The second-order valence-electron chi connectivity index (χ2n) is 10.8. The van der Waals surface area contributed by atoms with Crippen LogP contribution in [0, 0.1) is 18.0 Å². The fraction of sp³-hybridized carbons (Fsp3) is 0.400. The fourth-order valence-corrected chi connectivity index (χ4v) is 8.65. The van der Waals surface area contributed by atoms with Crippen LogP contribution in [0.15, 0.2) is 53.7 Å². The minimum atomic E-state index is -4.20. The number of benzene rings is 2. The number of hydrogen-bond acceptors (Lipinski definition) is 9. The van der Waals surface area contributed by atoms with Gasteiger partial charge in [0.05, 0.1) is 13.7 Å². The average Bonchev–Trinajstić information content (AvgIpc) is 3.68. The molecule has 248 valence electrons. The topological polar surface area (TPSA) is 118 Å². The first-order chi connectivity index (χ1) is 21.9. The van der Waals surface area contributed by atoms with Gasteiger partial charge >= 0.3 is 12.6 Å². The summed E-state index contributed by atoms with van der Waals surface area (Å²) in [7, 11) is -2.85. The van der Waals surface area contributed by atoms with E-state index in [0.29, 0.717) is 16.0 Å². The number of thioether (sulfide) groups is 1. The first-order valence-electron chi connectivity index (χ1n) is 14.1. The van der Waals surface area contributed by atoms with E-state index in [1.807, 2.05) is 0 Å². The van der Waals surface area contributed by atoms with Gasteiger partial charge in [-0.1, -0.05) is 35.3 Å². The number of ether oxygens (including phenoxy) is 4. The summed E-state index contributed by atoms with van der Waals surface area (Å²) in [6.07, 6.45) is 2.76. The van der Waals surface area contributed by atoms with E-state index >= 15 is 0 Å². The van der Waals surface area contributed by atoms with E-state index in [1.165, 1.54) is 31.4 Å². The number of methoxy groups -OCH3 is 1. The normalized spacial score (nSPS) is 17.6. The second-order valence-corrected chi connectivity index (χ2v) is 14.6. The van der Waals surface area contributed by atoms with E-state index in [4.69, 9.17) is 37.4 Å².